The molecule has 0 fully saturated rings. The summed E-state index contributed by atoms with van der Waals surface area (Å²) in [5.41, 5.74) is 2.65. The van der Waals surface area contributed by atoms with E-state index in [0.717, 1.165) is 23.5 Å². The zero-order valence-corrected chi connectivity index (χ0v) is 14.8. The maximum Gasteiger partial charge on any atom is 0.407 e. The first-order valence-corrected chi connectivity index (χ1v) is 8.16. The summed E-state index contributed by atoms with van der Waals surface area (Å²) in [6, 6.07) is 7.96. The lowest BCUT2D eigenvalue weighted by molar-refractivity contribution is 0.0523. The van der Waals surface area contributed by atoms with Crippen LogP contribution in [0.3, 0.4) is 0 Å². The van der Waals surface area contributed by atoms with Gasteiger partial charge in [-0.3, -0.25) is 0 Å². The number of hydrogen-bond donors (Lipinski definition) is 2. The fourth-order valence-electron chi connectivity index (χ4n) is 2.25. The molecule has 0 saturated heterocycles. The molecule has 130 valence electrons. The minimum atomic E-state index is -0.490. The second kappa shape index (κ2) is 7.86. The van der Waals surface area contributed by atoms with Gasteiger partial charge in [-0.1, -0.05) is 12.1 Å². The van der Waals surface area contributed by atoms with Crippen LogP contribution >= 0.6 is 0 Å². The second-order valence-corrected chi connectivity index (χ2v) is 6.58. The van der Waals surface area contributed by atoms with E-state index in [2.05, 4.69) is 27.1 Å². The van der Waals surface area contributed by atoms with E-state index in [0.29, 0.717) is 13.1 Å². The Kier molecular flexibility index (Phi) is 5.84. The third kappa shape index (κ3) is 5.61. The average Bonchev–Trinajstić information content (AvgIpc) is 2.97. The molecule has 6 heteroatoms. The Labute approximate surface area is 143 Å². The Morgan fingerprint density at radius 2 is 2.08 bits per heavy atom. The van der Waals surface area contributed by atoms with Gasteiger partial charge >= 0.3 is 6.09 Å². The van der Waals surface area contributed by atoms with Crippen molar-refractivity contribution in [3.05, 3.63) is 48.0 Å². The van der Waals surface area contributed by atoms with Crippen molar-refractivity contribution in [2.75, 3.05) is 5.32 Å². The number of ether oxygens (including phenoxy) is 1. The molecule has 1 aromatic heterocycles. The molecule has 0 bridgehead atoms. The van der Waals surface area contributed by atoms with Gasteiger partial charge in [-0.05, 0) is 45.4 Å². The van der Waals surface area contributed by atoms with Gasteiger partial charge in [0.15, 0.2) is 0 Å². The second-order valence-electron chi connectivity index (χ2n) is 6.58. The highest BCUT2D eigenvalue weighted by Crippen LogP contribution is 2.13. The smallest absolute Gasteiger partial charge is 0.407 e. The molecule has 1 aromatic carbocycles. The molecule has 6 nitrogen and oxygen atoms in total. The van der Waals surface area contributed by atoms with Crippen molar-refractivity contribution in [3.8, 4) is 0 Å². The summed E-state index contributed by atoms with van der Waals surface area (Å²) in [6.45, 7) is 9.66. The molecular weight excluding hydrogens is 304 g/mol. The molecule has 1 amide bonds. The van der Waals surface area contributed by atoms with Crippen LogP contribution in [-0.4, -0.2) is 21.2 Å². The zero-order valence-electron chi connectivity index (χ0n) is 14.8. The van der Waals surface area contributed by atoms with Crippen molar-refractivity contribution in [1.82, 2.24) is 14.9 Å². The third-order valence-electron chi connectivity index (χ3n) is 3.38. The van der Waals surface area contributed by atoms with Gasteiger partial charge in [0.05, 0.1) is 18.6 Å². The summed E-state index contributed by atoms with van der Waals surface area (Å²) in [5, 5.41) is 6.15. The first kappa shape index (κ1) is 17.8. The molecule has 0 aliphatic rings. The van der Waals surface area contributed by atoms with Crippen molar-refractivity contribution in [2.24, 2.45) is 0 Å². The quantitative estimate of drug-likeness (QED) is 0.850. The number of nitrogens with zero attached hydrogens (tertiary/aromatic N) is 2. The molecule has 2 N–H and O–H groups in total. The summed E-state index contributed by atoms with van der Waals surface area (Å²) in [5.74, 6) is 0. The van der Waals surface area contributed by atoms with Gasteiger partial charge in [0.25, 0.3) is 0 Å². The van der Waals surface area contributed by atoms with Crippen LogP contribution in [0.5, 0.6) is 0 Å². The van der Waals surface area contributed by atoms with Crippen molar-refractivity contribution >= 4 is 11.8 Å². The number of carbonyl (C=O) groups excluding carboxylic acids is 1. The molecule has 0 spiro atoms. The van der Waals surface area contributed by atoms with E-state index in [-0.39, 0.29) is 0 Å². The fraction of sp³-hybridized carbons (Fsp3) is 0.444. The molecule has 0 atom stereocenters. The highest BCUT2D eigenvalue weighted by molar-refractivity contribution is 5.67. The van der Waals surface area contributed by atoms with Crippen molar-refractivity contribution in [2.45, 2.75) is 52.9 Å². The van der Waals surface area contributed by atoms with Crippen LogP contribution in [0.1, 0.15) is 39.0 Å². The van der Waals surface area contributed by atoms with E-state index in [9.17, 15) is 4.79 Å². The molecule has 0 aliphatic heterocycles. The standard InChI is InChI=1S/C18H26N4O2/c1-5-22-13-19-11-16(22)12-20-15-8-6-7-14(9-15)10-21-17(23)24-18(2,3)4/h6-9,11,13,20H,5,10,12H2,1-4H3,(H,21,23). The van der Waals surface area contributed by atoms with E-state index in [1.807, 2.05) is 57.6 Å². The molecule has 2 aromatic rings. The molecule has 1 heterocycles. The van der Waals surface area contributed by atoms with Gasteiger partial charge in [-0.15, -0.1) is 0 Å². The van der Waals surface area contributed by atoms with Crippen LogP contribution < -0.4 is 10.6 Å². The summed E-state index contributed by atoms with van der Waals surface area (Å²) >= 11 is 0. The van der Waals surface area contributed by atoms with Gasteiger partial charge in [0.2, 0.25) is 0 Å². The van der Waals surface area contributed by atoms with Gasteiger partial charge in [0.1, 0.15) is 5.60 Å². The Bertz CT molecular complexity index is 674. The summed E-state index contributed by atoms with van der Waals surface area (Å²) in [6.07, 6.45) is 3.29. The van der Waals surface area contributed by atoms with E-state index >= 15 is 0 Å². The number of benzene rings is 1. The van der Waals surface area contributed by atoms with E-state index in [1.54, 1.807) is 0 Å². The van der Waals surface area contributed by atoms with Crippen LogP contribution in [0, 0.1) is 0 Å². The van der Waals surface area contributed by atoms with E-state index in [4.69, 9.17) is 4.74 Å². The van der Waals surface area contributed by atoms with Crippen LogP contribution in [0.25, 0.3) is 0 Å². The maximum atomic E-state index is 11.7. The molecule has 0 radical (unpaired) electrons. The number of alkyl carbamates (subject to hydrolysis) is 1. The fourth-order valence-corrected chi connectivity index (χ4v) is 2.25. The largest absolute Gasteiger partial charge is 0.444 e. The number of amides is 1. The summed E-state index contributed by atoms with van der Waals surface area (Å²) in [4.78, 5) is 15.9. The topological polar surface area (TPSA) is 68.2 Å². The lowest BCUT2D eigenvalue weighted by Gasteiger charge is -2.19. The lowest BCUT2D eigenvalue weighted by Crippen LogP contribution is -2.32. The zero-order chi connectivity index (χ0) is 17.6. The molecule has 0 aliphatic carbocycles. The number of anilines is 1. The Balaban J connectivity index is 1.88. The molecule has 24 heavy (non-hydrogen) atoms. The molecule has 0 saturated carbocycles. The minimum Gasteiger partial charge on any atom is -0.444 e. The van der Waals surface area contributed by atoms with Crippen molar-refractivity contribution in [1.29, 1.82) is 0 Å². The number of nitrogens with one attached hydrogen (secondary N) is 2. The van der Waals surface area contributed by atoms with Crippen molar-refractivity contribution < 1.29 is 9.53 Å². The third-order valence-corrected chi connectivity index (χ3v) is 3.38. The number of aromatic nitrogens is 2. The SMILES string of the molecule is CCn1cncc1CNc1cccc(CNC(=O)OC(C)(C)C)c1. The van der Waals surface area contributed by atoms with Gasteiger partial charge in [0, 0.05) is 25.0 Å². The number of hydrogen-bond acceptors (Lipinski definition) is 4. The van der Waals surface area contributed by atoms with Gasteiger partial charge in [-0.2, -0.15) is 0 Å². The highest BCUT2D eigenvalue weighted by atomic mass is 16.6. The number of imidazole rings is 1. The molecule has 2 rings (SSSR count). The molecular formula is C18H26N4O2. The lowest BCUT2D eigenvalue weighted by atomic mass is 10.2. The van der Waals surface area contributed by atoms with Crippen LogP contribution in [-0.2, 0) is 24.4 Å². The Hall–Kier alpha value is -2.50. The number of carbonyl (C=O) groups is 1. The number of aryl methyl sites for hydroxylation is 1. The van der Waals surface area contributed by atoms with Crippen molar-refractivity contribution in [3.63, 3.8) is 0 Å². The first-order valence-electron chi connectivity index (χ1n) is 8.16. The van der Waals surface area contributed by atoms with Gasteiger partial charge < -0.3 is 19.9 Å². The minimum absolute atomic E-state index is 0.410. The normalized spacial score (nSPS) is 11.2. The molecule has 0 unspecified atom stereocenters. The maximum absolute atomic E-state index is 11.7. The monoisotopic (exact) mass is 330 g/mol. The van der Waals surface area contributed by atoms with Crippen LogP contribution in [0.2, 0.25) is 0 Å². The Morgan fingerprint density at radius 1 is 1.29 bits per heavy atom. The number of rotatable bonds is 6. The van der Waals surface area contributed by atoms with E-state index < -0.39 is 11.7 Å². The predicted octanol–water partition coefficient (Wildman–Crippen LogP) is 3.54. The Morgan fingerprint density at radius 3 is 2.79 bits per heavy atom. The highest BCUT2D eigenvalue weighted by Gasteiger charge is 2.15. The predicted molar refractivity (Wildman–Crippen MR) is 94.7 cm³/mol. The average molecular weight is 330 g/mol. The van der Waals surface area contributed by atoms with Gasteiger partial charge in [-0.25, -0.2) is 9.78 Å². The van der Waals surface area contributed by atoms with E-state index in [1.165, 1.54) is 0 Å². The van der Waals surface area contributed by atoms with Crippen LogP contribution in [0.15, 0.2) is 36.8 Å². The summed E-state index contributed by atoms with van der Waals surface area (Å²) in [7, 11) is 0. The first-order chi connectivity index (χ1) is 11.4. The van der Waals surface area contributed by atoms with Crippen LogP contribution in [0.4, 0.5) is 10.5 Å². The summed E-state index contributed by atoms with van der Waals surface area (Å²) < 4.78 is 7.33.